The fraction of sp³-hybridized carbons (Fsp3) is 0.200. The summed E-state index contributed by atoms with van der Waals surface area (Å²) in [6.07, 6.45) is 0. The lowest BCUT2D eigenvalue weighted by molar-refractivity contribution is -0.385. The number of nitrogens with zero attached hydrogens (tertiary/aromatic N) is 1. The van der Waals surface area contributed by atoms with Gasteiger partial charge in [-0.15, -0.1) is 0 Å². The number of benzene rings is 1. The molecule has 0 spiro atoms. The molecule has 0 saturated carbocycles. The number of nitro benzene ring substituents is 1. The minimum atomic E-state index is -0.738. The summed E-state index contributed by atoms with van der Waals surface area (Å²) in [5.41, 5.74) is -0.626. The van der Waals surface area contributed by atoms with Crippen LogP contribution in [0.2, 0.25) is 5.02 Å². The van der Waals surface area contributed by atoms with E-state index in [1.165, 1.54) is 25.1 Å². The molecule has 0 aliphatic heterocycles. The molecule has 1 aromatic carbocycles. The Morgan fingerprint density at radius 2 is 2.12 bits per heavy atom. The van der Waals surface area contributed by atoms with Crippen molar-refractivity contribution in [1.82, 2.24) is 5.32 Å². The number of hydrogen-bond acceptors (Lipinski definition) is 4. The molecule has 1 rings (SSSR count). The number of carbonyl (C=O) groups is 2. The van der Waals surface area contributed by atoms with Gasteiger partial charge in [-0.25, -0.2) is 0 Å². The maximum absolute atomic E-state index is 11.6. The Bertz CT molecular complexity index is 487. The Kier molecular flexibility index (Phi) is 4.17. The van der Waals surface area contributed by atoms with Crippen LogP contribution in [0.4, 0.5) is 5.69 Å². The summed E-state index contributed by atoms with van der Waals surface area (Å²) in [7, 11) is 0. The van der Waals surface area contributed by atoms with E-state index in [1.54, 1.807) is 0 Å². The standard InChI is InChI=1S/C10H9ClN2O4/c1-6(14)5-12-10(15)9-7(11)3-2-4-8(9)13(16)17/h2-4H,5H2,1H3,(H,12,15). The van der Waals surface area contributed by atoms with Crippen molar-refractivity contribution < 1.29 is 14.5 Å². The van der Waals surface area contributed by atoms with E-state index < -0.39 is 16.5 Å². The molecule has 0 saturated heterocycles. The van der Waals surface area contributed by atoms with Crippen molar-refractivity contribution in [3.05, 3.63) is 38.9 Å². The average Bonchev–Trinajstić information content (AvgIpc) is 2.25. The molecule has 0 aromatic heterocycles. The lowest BCUT2D eigenvalue weighted by Gasteiger charge is -2.05. The predicted octanol–water partition coefficient (Wildman–Crippen LogP) is 1.57. The third kappa shape index (κ3) is 3.25. The van der Waals surface area contributed by atoms with Crippen LogP contribution in [0.25, 0.3) is 0 Å². The van der Waals surface area contributed by atoms with Crippen LogP contribution in [0.1, 0.15) is 17.3 Å². The van der Waals surface area contributed by atoms with Crippen LogP contribution < -0.4 is 5.32 Å². The number of rotatable bonds is 4. The van der Waals surface area contributed by atoms with Gasteiger partial charge in [-0.05, 0) is 13.0 Å². The second-order valence-corrected chi connectivity index (χ2v) is 3.68. The molecular formula is C10H9ClN2O4. The van der Waals surface area contributed by atoms with Crippen LogP contribution in [-0.2, 0) is 4.79 Å². The lowest BCUT2D eigenvalue weighted by Crippen LogP contribution is -2.29. The third-order valence-corrected chi connectivity index (χ3v) is 2.23. The Morgan fingerprint density at radius 1 is 1.47 bits per heavy atom. The molecule has 17 heavy (non-hydrogen) atoms. The van der Waals surface area contributed by atoms with Gasteiger partial charge in [-0.1, -0.05) is 17.7 Å². The quantitative estimate of drug-likeness (QED) is 0.654. The molecule has 7 heteroatoms. The van der Waals surface area contributed by atoms with Crippen molar-refractivity contribution in [3.8, 4) is 0 Å². The smallest absolute Gasteiger partial charge is 0.283 e. The second kappa shape index (κ2) is 5.40. The van der Waals surface area contributed by atoms with Gasteiger partial charge in [0.05, 0.1) is 16.5 Å². The highest BCUT2D eigenvalue weighted by atomic mass is 35.5. The van der Waals surface area contributed by atoms with Crippen LogP contribution >= 0.6 is 11.6 Å². The molecule has 0 heterocycles. The second-order valence-electron chi connectivity index (χ2n) is 3.28. The van der Waals surface area contributed by atoms with Crippen molar-refractivity contribution in [2.45, 2.75) is 6.92 Å². The zero-order chi connectivity index (χ0) is 13.0. The number of nitro groups is 1. The summed E-state index contributed by atoms with van der Waals surface area (Å²) in [5, 5.41) is 12.9. The first-order valence-electron chi connectivity index (χ1n) is 4.64. The summed E-state index contributed by atoms with van der Waals surface area (Å²) in [6.45, 7) is 1.10. The zero-order valence-corrected chi connectivity index (χ0v) is 9.65. The van der Waals surface area contributed by atoms with Crippen LogP contribution in [-0.4, -0.2) is 23.2 Å². The molecule has 0 aliphatic rings. The van der Waals surface area contributed by atoms with Gasteiger partial charge in [-0.3, -0.25) is 19.7 Å². The maximum Gasteiger partial charge on any atom is 0.283 e. The van der Waals surface area contributed by atoms with E-state index in [4.69, 9.17) is 11.6 Å². The fourth-order valence-corrected chi connectivity index (χ4v) is 1.44. The van der Waals surface area contributed by atoms with Crippen molar-refractivity contribution in [3.63, 3.8) is 0 Å². The van der Waals surface area contributed by atoms with Gasteiger partial charge in [0.25, 0.3) is 11.6 Å². The minimum absolute atomic E-state index is 0.0275. The van der Waals surface area contributed by atoms with Crippen molar-refractivity contribution >= 4 is 29.0 Å². The SMILES string of the molecule is CC(=O)CNC(=O)c1c(Cl)cccc1[N+](=O)[O-]. The van der Waals surface area contributed by atoms with Gasteiger partial charge in [0, 0.05) is 6.07 Å². The normalized spacial score (nSPS) is 9.76. The molecule has 0 radical (unpaired) electrons. The van der Waals surface area contributed by atoms with E-state index in [0.29, 0.717) is 0 Å². The van der Waals surface area contributed by atoms with E-state index in [1.807, 2.05) is 0 Å². The van der Waals surface area contributed by atoms with E-state index in [2.05, 4.69) is 5.32 Å². The highest BCUT2D eigenvalue weighted by molar-refractivity contribution is 6.34. The molecular weight excluding hydrogens is 248 g/mol. The van der Waals surface area contributed by atoms with Gasteiger partial charge < -0.3 is 5.32 Å². The average molecular weight is 257 g/mol. The summed E-state index contributed by atoms with van der Waals surface area (Å²) < 4.78 is 0. The number of carbonyl (C=O) groups excluding carboxylic acids is 2. The first-order valence-corrected chi connectivity index (χ1v) is 5.02. The van der Waals surface area contributed by atoms with Crippen LogP contribution in [0.15, 0.2) is 18.2 Å². The molecule has 0 fully saturated rings. The zero-order valence-electron chi connectivity index (χ0n) is 8.90. The molecule has 6 nitrogen and oxygen atoms in total. The fourth-order valence-electron chi connectivity index (χ4n) is 1.18. The molecule has 1 aromatic rings. The number of nitrogens with one attached hydrogen (secondary N) is 1. The minimum Gasteiger partial charge on any atom is -0.345 e. The van der Waals surface area contributed by atoms with E-state index in [-0.39, 0.29) is 22.9 Å². The van der Waals surface area contributed by atoms with E-state index in [9.17, 15) is 19.7 Å². The van der Waals surface area contributed by atoms with Gasteiger partial charge in [-0.2, -0.15) is 0 Å². The van der Waals surface area contributed by atoms with Gasteiger partial charge in [0.2, 0.25) is 0 Å². The number of ketones is 1. The number of Topliss-reactive ketones (excluding diaryl/α,β-unsaturated/α-hetero) is 1. The largest absolute Gasteiger partial charge is 0.345 e. The van der Waals surface area contributed by atoms with Crippen molar-refractivity contribution in [2.24, 2.45) is 0 Å². The summed E-state index contributed by atoms with van der Waals surface area (Å²) in [4.78, 5) is 32.4. The maximum atomic E-state index is 11.6. The molecule has 0 unspecified atom stereocenters. The van der Waals surface area contributed by atoms with Gasteiger partial charge in [0.15, 0.2) is 0 Å². The summed E-state index contributed by atoms with van der Waals surface area (Å²) in [5.74, 6) is -0.995. The highest BCUT2D eigenvalue weighted by Gasteiger charge is 2.23. The molecule has 1 amide bonds. The molecule has 90 valence electrons. The molecule has 1 N–H and O–H groups in total. The predicted molar refractivity (Wildman–Crippen MR) is 61.1 cm³/mol. The third-order valence-electron chi connectivity index (χ3n) is 1.91. The van der Waals surface area contributed by atoms with Crippen molar-refractivity contribution in [2.75, 3.05) is 6.54 Å². The van der Waals surface area contributed by atoms with Crippen molar-refractivity contribution in [1.29, 1.82) is 0 Å². The van der Waals surface area contributed by atoms with Crippen LogP contribution in [0.5, 0.6) is 0 Å². The Morgan fingerprint density at radius 3 is 2.65 bits per heavy atom. The molecule has 0 aliphatic carbocycles. The first-order chi connectivity index (χ1) is 7.93. The van der Waals surface area contributed by atoms with Gasteiger partial charge >= 0.3 is 0 Å². The van der Waals surface area contributed by atoms with E-state index in [0.717, 1.165) is 0 Å². The Balaban J connectivity index is 3.07. The highest BCUT2D eigenvalue weighted by Crippen LogP contribution is 2.25. The van der Waals surface area contributed by atoms with Crippen LogP contribution in [0, 0.1) is 10.1 Å². The molecule has 0 bridgehead atoms. The Labute approximate surface area is 102 Å². The number of halogens is 1. The molecule has 0 atom stereocenters. The number of amides is 1. The van der Waals surface area contributed by atoms with Crippen LogP contribution in [0.3, 0.4) is 0 Å². The lowest BCUT2D eigenvalue weighted by atomic mass is 10.1. The van der Waals surface area contributed by atoms with E-state index >= 15 is 0 Å². The topological polar surface area (TPSA) is 89.3 Å². The Hall–Kier alpha value is -1.95. The summed E-state index contributed by atoms with van der Waals surface area (Å²) >= 11 is 5.73. The first kappa shape index (κ1) is 13.1. The number of hydrogen-bond donors (Lipinski definition) is 1. The van der Waals surface area contributed by atoms with Gasteiger partial charge in [0.1, 0.15) is 11.3 Å². The summed E-state index contributed by atoms with van der Waals surface area (Å²) in [6, 6.07) is 3.92. The monoisotopic (exact) mass is 256 g/mol.